The Morgan fingerprint density at radius 3 is 2.78 bits per heavy atom. The molecule has 1 saturated heterocycles. The number of primary sulfonamides is 1. The van der Waals surface area contributed by atoms with Crippen molar-refractivity contribution in [3.05, 3.63) is 29.6 Å². The molecule has 1 saturated carbocycles. The maximum Gasteiger partial charge on any atom is 0.219 e. The Morgan fingerprint density at radius 1 is 1.44 bits per heavy atom. The van der Waals surface area contributed by atoms with Crippen LogP contribution >= 0.6 is 0 Å². The molecule has 6 heteroatoms. The minimum atomic E-state index is -3.53. The number of nitrogens with zero attached hydrogens (tertiary/aromatic N) is 1. The van der Waals surface area contributed by atoms with Gasteiger partial charge >= 0.3 is 0 Å². The molecule has 0 spiro atoms. The first-order valence-corrected chi connectivity index (χ1v) is 7.80. The van der Waals surface area contributed by atoms with Crippen molar-refractivity contribution in [3.8, 4) is 0 Å². The summed E-state index contributed by atoms with van der Waals surface area (Å²) in [7, 11) is -3.53. The summed E-state index contributed by atoms with van der Waals surface area (Å²) in [4.78, 5) is 4.35. The third-order valence-corrected chi connectivity index (χ3v) is 5.71. The number of nitrogens with two attached hydrogens (primary N) is 1. The van der Waals surface area contributed by atoms with Gasteiger partial charge in [0.15, 0.2) is 0 Å². The minimum Gasteiger partial charge on any atom is -0.309 e. The molecule has 0 unspecified atom stereocenters. The predicted octanol–water partition coefficient (Wildman–Crippen LogP) is 0.784. The molecule has 2 aliphatic rings. The van der Waals surface area contributed by atoms with Crippen LogP contribution in [0.3, 0.4) is 0 Å². The zero-order valence-electron chi connectivity index (χ0n) is 10.1. The third-order valence-electron chi connectivity index (χ3n) is 3.97. The molecule has 1 aliphatic heterocycles. The Labute approximate surface area is 107 Å². The quantitative estimate of drug-likeness (QED) is 0.847. The first kappa shape index (κ1) is 12.1. The molecule has 0 aromatic carbocycles. The van der Waals surface area contributed by atoms with Crippen LogP contribution in [-0.4, -0.2) is 19.9 Å². The van der Waals surface area contributed by atoms with Crippen LogP contribution in [0.5, 0.6) is 0 Å². The van der Waals surface area contributed by atoms with Gasteiger partial charge in [0.2, 0.25) is 10.0 Å². The molecule has 2 heterocycles. The molecule has 1 aromatic rings. The van der Waals surface area contributed by atoms with E-state index in [2.05, 4.69) is 10.3 Å². The fourth-order valence-corrected chi connectivity index (χ4v) is 3.84. The largest absolute Gasteiger partial charge is 0.309 e. The molecule has 0 amide bonds. The number of nitrogens with one attached hydrogen (secondary N) is 1. The molecule has 3 rings (SSSR count). The lowest BCUT2D eigenvalue weighted by Gasteiger charge is -2.16. The van der Waals surface area contributed by atoms with Crippen molar-refractivity contribution in [1.82, 2.24) is 10.3 Å². The average molecular weight is 267 g/mol. The molecule has 5 nitrogen and oxygen atoms in total. The summed E-state index contributed by atoms with van der Waals surface area (Å²) in [6, 6.07) is 3.93. The fraction of sp³-hybridized carbons (Fsp3) is 0.583. The zero-order chi connectivity index (χ0) is 12.8. The highest BCUT2D eigenvalue weighted by atomic mass is 32.2. The van der Waals surface area contributed by atoms with Crippen molar-refractivity contribution < 1.29 is 8.42 Å². The van der Waals surface area contributed by atoms with Crippen LogP contribution in [0.1, 0.15) is 43.0 Å². The van der Waals surface area contributed by atoms with Gasteiger partial charge in [-0.15, -0.1) is 0 Å². The summed E-state index contributed by atoms with van der Waals surface area (Å²) >= 11 is 0. The van der Waals surface area contributed by atoms with E-state index in [0.717, 1.165) is 30.6 Å². The normalized spacial score (nSPS) is 26.2. The SMILES string of the molecule is NS(=O)(=O)C1(c2ccnc([C@H]3CCCN3)c2)CC1. The van der Waals surface area contributed by atoms with E-state index in [-0.39, 0.29) is 6.04 Å². The zero-order valence-corrected chi connectivity index (χ0v) is 10.9. The van der Waals surface area contributed by atoms with E-state index in [4.69, 9.17) is 5.14 Å². The topological polar surface area (TPSA) is 85.1 Å². The lowest BCUT2D eigenvalue weighted by Crippen LogP contribution is -2.28. The van der Waals surface area contributed by atoms with Crippen LogP contribution in [0.4, 0.5) is 0 Å². The summed E-state index contributed by atoms with van der Waals surface area (Å²) in [6.45, 7) is 0.997. The van der Waals surface area contributed by atoms with Gasteiger partial charge in [-0.3, -0.25) is 4.98 Å². The summed E-state index contributed by atoms with van der Waals surface area (Å²) in [6.07, 6.45) is 5.12. The van der Waals surface area contributed by atoms with Gasteiger partial charge in [0.25, 0.3) is 0 Å². The highest BCUT2D eigenvalue weighted by Gasteiger charge is 2.54. The molecule has 1 aliphatic carbocycles. The van der Waals surface area contributed by atoms with Crippen molar-refractivity contribution in [2.75, 3.05) is 6.54 Å². The molecule has 1 atom stereocenters. The lowest BCUT2D eigenvalue weighted by atomic mass is 10.1. The fourth-order valence-electron chi connectivity index (χ4n) is 2.71. The number of rotatable bonds is 3. The monoisotopic (exact) mass is 267 g/mol. The van der Waals surface area contributed by atoms with Crippen LogP contribution in [0.25, 0.3) is 0 Å². The van der Waals surface area contributed by atoms with Gasteiger partial charge in [-0.05, 0) is 49.9 Å². The third kappa shape index (κ3) is 1.84. The van der Waals surface area contributed by atoms with Crippen LogP contribution in [0, 0.1) is 0 Å². The van der Waals surface area contributed by atoms with E-state index in [9.17, 15) is 8.42 Å². The van der Waals surface area contributed by atoms with Crippen LogP contribution in [0.2, 0.25) is 0 Å². The molecule has 98 valence electrons. The molecule has 1 aromatic heterocycles. The van der Waals surface area contributed by atoms with E-state index in [1.54, 1.807) is 12.3 Å². The Hall–Kier alpha value is -0.980. The second kappa shape index (κ2) is 4.01. The number of hydrogen-bond acceptors (Lipinski definition) is 4. The van der Waals surface area contributed by atoms with Gasteiger partial charge in [-0.25, -0.2) is 13.6 Å². The smallest absolute Gasteiger partial charge is 0.219 e. The highest BCUT2D eigenvalue weighted by molar-refractivity contribution is 7.90. The molecule has 2 fully saturated rings. The summed E-state index contributed by atoms with van der Waals surface area (Å²) in [5, 5.41) is 8.71. The minimum absolute atomic E-state index is 0.251. The molecule has 0 bridgehead atoms. The maximum atomic E-state index is 11.7. The van der Waals surface area contributed by atoms with Crippen LogP contribution in [-0.2, 0) is 14.8 Å². The molecule has 0 radical (unpaired) electrons. The lowest BCUT2D eigenvalue weighted by molar-refractivity contribution is 0.580. The predicted molar refractivity (Wildman–Crippen MR) is 68.2 cm³/mol. The maximum absolute atomic E-state index is 11.7. The second-order valence-corrected chi connectivity index (χ2v) is 7.03. The average Bonchev–Trinajstić information content (AvgIpc) is 2.99. The summed E-state index contributed by atoms with van der Waals surface area (Å²) in [5.74, 6) is 0. The highest BCUT2D eigenvalue weighted by Crippen LogP contribution is 2.51. The van der Waals surface area contributed by atoms with E-state index >= 15 is 0 Å². The number of pyridine rings is 1. The van der Waals surface area contributed by atoms with Crippen LogP contribution < -0.4 is 10.5 Å². The van der Waals surface area contributed by atoms with E-state index in [0.29, 0.717) is 12.8 Å². The molecular formula is C12H17N3O2S. The number of sulfonamides is 1. The Bertz CT molecular complexity index is 560. The van der Waals surface area contributed by atoms with Gasteiger partial charge in [-0.2, -0.15) is 0 Å². The van der Waals surface area contributed by atoms with Crippen molar-refractivity contribution in [2.45, 2.75) is 36.5 Å². The molecule has 18 heavy (non-hydrogen) atoms. The van der Waals surface area contributed by atoms with E-state index in [1.165, 1.54) is 0 Å². The number of hydrogen-bond donors (Lipinski definition) is 2. The first-order chi connectivity index (χ1) is 8.53. The van der Waals surface area contributed by atoms with Crippen molar-refractivity contribution in [1.29, 1.82) is 0 Å². The Morgan fingerprint density at radius 2 is 2.22 bits per heavy atom. The molecular weight excluding hydrogens is 250 g/mol. The van der Waals surface area contributed by atoms with E-state index in [1.807, 2.05) is 6.07 Å². The van der Waals surface area contributed by atoms with Gasteiger partial charge < -0.3 is 5.32 Å². The standard InChI is InChI=1S/C12H17N3O2S/c13-18(16,17)12(4-5-12)9-3-7-15-11(8-9)10-2-1-6-14-10/h3,7-8,10,14H,1-2,4-6H2,(H2,13,16,17)/t10-/m1/s1. The molecule has 3 N–H and O–H groups in total. The number of aromatic nitrogens is 1. The van der Waals surface area contributed by atoms with Crippen molar-refractivity contribution in [3.63, 3.8) is 0 Å². The second-order valence-electron chi connectivity index (χ2n) is 5.16. The summed E-state index contributed by atoms with van der Waals surface area (Å²) in [5.41, 5.74) is 1.73. The first-order valence-electron chi connectivity index (χ1n) is 6.25. The van der Waals surface area contributed by atoms with Crippen LogP contribution in [0.15, 0.2) is 18.3 Å². The van der Waals surface area contributed by atoms with Gasteiger partial charge in [0, 0.05) is 12.2 Å². The van der Waals surface area contributed by atoms with Gasteiger partial charge in [-0.1, -0.05) is 0 Å². The summed E-state index contributed by atoms with van der Waals surface area (Å²) < 4.78 is 22.5. The van der Waals surface area contributed by atoms with Crippen molar-refractivity contribution >= 4 is 10.0 Å². The van der Waals surface area contributed by atoms with E-state index < -0.39 is 14.8 Å². The van der Waals surface area contributed by atoms with Gasteiger partial charge in [0.1, 0.15) is 4.75 Å². The van der Waals surface area contributed by atoms with Gasteiger partial charge in [0.05, 0.1) is 5.69 Å². The van der Waals surface area contributed by atoms with Crippen molar-refractivity contribution in [2.24, 2.45) is 5.14 Å². The Balaban J connectivity index is 1.97. The Kier molecular flexibility index (Phi) is 2.69.